The number of nitrogens with one attached hydrogen (secondary N) is 1. The van der Waals surface area contributed by atoms with Crippen molar-refractivity contribution < 1.29 is 19.5 Å². The first-order chi connectivity index (χ1) is 8.10. The number of hydrogen-bond donors (Lipinski definition) is 2. The fourth-order valence-electron chi connectivity index (χ4n) is 0.872. The van der Waals surface area contributed by atoms with Crippen LogP contribution in [0.1, 0.15) is 12.6 Å². The number of thiazole rings is 1. The van der Waals surface area contributed by atoms with E-state index in [9.17, 15) is 9.59 Å². The Balaban J connectivity index is 3.09. The molecule has 9 heteroatoms. The van der Waals surface area contributed by atoms with Gasteiger partial charge in [-0.05, 0) is 6.92 Å². The Labute approximate surface area is 105 Å². The highest BCUT2D eigenvalue weighted by Crippen LogP contribution is 2.28. The van der Waals surface area contributed by atoms with Crippen molar-refractivity contribution in [1.82, 2.24) is 4.98 Å². The van der Waals surface area contributed by atoms with Gasteiger partial charge in [-0.2, -0.15) is 0 Å². The van der Waals surface area contributed by atoms with Gasteiger partial charge in [0.25, 0.3) is 0 Å². The maximum Gasteiger partial charge on any atom is 0.360 e. The number of anilines is 1. The van der Waals surface area contributed by atoms with Crippen LogP contribution in [0.5, 0.6) is 0 Å². The Kier molecular flexibility index (Phi) is 4.85. The van der Waals surface area contributed by atoms with Gasteiger partial charge < -0.3 is 15.3 Å². The lowest BCUT2D eigenvalue weighted by Crippen LogP contribution is -2.16. The van der Waals surface area contributed by atoms with Gasteiger partial charge in [-0.25, -0.2) is 9.78 Å². The smallest absolute Gasteiger partial charge is 0.360 e. The van der Waals surface area contributed by atoms with Crippen LogP contribution in [-0.2, 0) is 14.4 Å². The Hall–Kier alpha value is -1.67. The predicted molar refractivity (Wildman–Crippen MR) is 62.6 cm³/mol. The lowest BCUT2D eigenvalue weighted by Gasteiger charge is -1.98. The summed E-state index contributed by atoms with van der Waals surface area (Å²) in [5.74, 6) is -1.32. The summed E-state index contributed by atoms with van der Waals surface area (Å²) < 4.78 is 0.107. The highest BCUT2D eigenvalue weighted by Gasteiger charge is 2.22. The molecule has 0 unspecified atom stereocenters. The maximum absolute atomic E-state index is 10.9. The molecule has 2 N–H and O–H groups in total. The molecule has 17 heavy (non-hydrogen) atoms. The number of carbonyl (C=O) groups excluding carboxylic acids is 1. The summed E-state index contributed by atoms with van der Waals surface area (Å²) in [5.41, 5.74) is -0.450. The van der Waals surface area contributed by atoms with Gasteiger partial charge in [0.05, 0.1) is 0 Å². The second kappa shape index (κ2) is 6.16. The van der Waals surface area contributed by atoms with E-state index >= 15 is 0 Å². The normalized spacial score (nSPS) is 11.1. The summed E-state index contributed by atoms with van der Waals surface area (Å²) in [5, 5.41) is 14.8. The van der Waals surface area contributed by atoms with Crippen molar-refractivity contribution >= 4 is 46.2 Å². The SMILES string of the molecule is CCON=C(C(=O)O)c1nc(NC=O)sc1Cl. The van der Waals surface area contributed by atoms with Crippen molar-refractivity contribution in [3.05, 3.63) is 10.0 Å². The molecular weight excluding hydrogens is 270 g/mol. The number of nitrogens with zero attached hydrogens (tertiary/aromatic N) is 2. The third-order valence-corrected chi connectivity index (χ3v) is 2.67. The van der Waals surface area contributed by atoms with Crippen LogP contribution < -0.4 is 5.32 Å². The zero-order valence-electron chi connectivity index (χ0n) is 8.64. The van der Waals surface area contributed by atoms with Crippen molar-refractivity contribution in [3.8, 4) is 0 Å². The van der Waals surface area contributed by atoms with E-state index < -0.39 is 11.7 Å². The highest BCUT2D eigenvalue weighted by molar-refractivity contribution is 7.20. The standard InChI is InChI=1S/C8H8ClN3O4S/c1-2-16-12-5(7(14)15)4-6(9)17-8(11-4)10-3-13/h3H,2H2,1H3,(H,14,15)(H,10,11,13). The van der Waals surface area contributed by atoms with Gasteiger partial charge in [-0.3, -0.25) is 4.79 Å². The van der Waals surface area contributed by atoms with E-state index in [2.05, 4.69) is 20.3 Å². The quantitative estimate of drug-likeness (QED) is 0.462. The monoisotopic (exact) mass is 277 g/mol. The average molecular weight is 278 g/mol. The fourth-order valence-corrected chi connectivity index (χ4v) is 1.88. The fraction of sp³-hybridized carbons (Fsp3) is 0.250. The number of hydrogen-bond acceptors (Lipinski definition) is 6. The first-order valence-corrected chi connectivity index (χ1v) is 5.59. The largest absolute Gasteiger partial charge is 0.476 e. The molecule has 0 saturated heterocycles. The maximum atomic E-state index is 10.9. The lowest BCUT2D eigenvalue weighted by molar-refractivity contribution is -0.129. The van der Waals surface area contributed by atoms with Crippen molar-refractivity contribution in [2.45, 2.75) is 6.92 Å². The van der Waals surface area contributed by atoms with Gasteiger partial charge >= 0.3 is 5.97 Å². The van der Waals surface area contributed by atoms with E-state index in [1.54, 1.807) is 6.92 Å². The van der Waals surface area contributed by atoms with Crippen LogP contribution in [0.25, 0.3) is 0 Å². The third-order valence-electron chi connectivity index (χ3n) is 1.48. The number of aliphatic carboxylic acids is 1. The molecule has 7 nitrogen and oxygen atoms in total. The van der Waals surface area contributed by atoms with Crippen LogP contribution in [0, 0.1) is 0 Å². The summed E-state index contributed by atoms with van der Waals surface area (Å²) in [6.45, 7) is 1.88. The summed E-state index contributed by atoms with van der Waals surface area (Å²) >= 11 is 6.73. The molecule has 1 aromatic heterocycles. The van der Waals surface area contributed by atoms with E-state index in [0.29, 0.717) is 6.41 Å². The number of carboxylic acid groups (broad SMARTS) is 1. The van der Waals surface area contributed by atoms with Crippen LogP contribution in [-0.4, -0.2) is 34.8 Å². The molecule has 1 aromatic rings. The van der Waals surface area contributed by atoms with Gasteiger partial charge in [0, 0.05) is 0 Å². The zero-order valence-corrected chi connectivity index (χ0v) is 10.2. The minimum Gasteiger partial charge on any atom is -0.476 e. The Morgan fingerprint density at radius 3 is 3.00 bits per heavy atom. The zero-order chi connectivity index (χ0) is 12.8. The van der Waals surface area contributed by atoms with E-state index in [1.165, 1.54) is 0 Å². The molecule has 0 saturated carbocycles. The molecule has 0 aliphatic rings. The number of carboxylic acids is 1. The molecular formula is C8H8ClN3O4S. The van der Waals surface area contributed by atoms with E-state index in [0.717, 1.165) is 11.3 Å². The molecule has 1 heterocycles. The first kappa shape index (κ1) is 13.4. The number of rotatable bonds is 6. The summed E-state index contributed by atoms with van der Waals surface area (Å²) in [7, 11) is 0. The van der Waals surface area contributed by atoms with Gasteiger partial charge in [-0.1, -0.05) is 28.1 Å². The molecule has 0 bridgehead atoms. The molecule has 0 fully saturated rings. The minimum absolute atomic E-state index is 0.0398. The van der Waals surface area contributed by atoms with Crippen molar-refractivity contribution in [2.24, 2.45) is 5.16 Å². The number of carbonyl (C=O) groups is 2. The third kappa shape index (κ3) is 3.40. The minimum atomic E-state index is -1.32. The number of amides is 1. The molecule has 1 rings (SSSR count). The molecule has 0 atom stereocenters. The second-order valence-electron chi connectivity index (χ2n) is 2.57. The molecule has 92 valence electrons. The van der Waals surface area contributed by atoms with Gasteiger partial charge in [0.2, 0.25) is 12.1 Å². The van der Waals surface area contributed by atoms with Crippen molar-refractivity contribution in [1.29, 1.82) is 0 Å². The predicted octanol–water partition coefficient (Wildman–Crippen LogP) is 1.19. The van der Waals surface area contributed by atoms with E-state index in [4.69, 9.17) is 16.7 Å². The van der Waals surface area contributed by atoms with Crippen molar-refractivity contribution in [3.63, 3.8) is 0 Å². The van der Waals surface area contributed by atoms with Crippen LogP contribution in [0.3, 0.4) is 0 Å². The molecule has 0 spiro atoms. The summed E-state index contributed by atoms with van der Waals surface area (Å²) in [4.78, 5) is 29.6. The van der Waals surface area contributed by atoms with Gasteiger partial charge in [0.1, 0.15) is 16.6 Å². The molecule has 1 amide bonds. The van der Waals surface area contributed by atoms with Gasteiger partial charge in [-0.15, -0.1) is 0 Å². The molecule has 0 aromatic carbocycles. The van der Waals surface area contributed by atoms with Crippen molar-refractivity contribution in [2.75, 3.05) is 11.9 Å². The van der Waals surface area contributed by atoms with Crippen LogP contribution in [0.15, 0.2) is 5.16 Å². The number of oxime groups is 1. The Morgan fingerprint density at radius 2 is 2.47 bits per heavy atom. The van der Waals surface area contributed by atoms with Crippen LogP contribution >= 0.6 is 22.9 Å². The van der Waals surface area contributed by atoms with E-state index in [1.807, 2.05) is 0 Å². The second-order valence-corrected chi connectivity index (χ2v) is 4.17. The topological polar surface area (TPSA) is 101 Å². The molecule has 0 aliphatic carbocycles. The lowest BCUT2D eigenvalue weighted by atomic mass is 10.3. The Morgan fingerprint density at radius 1 is 1.76 bits per heavy atom. The average Bonchev–Trinajstić information content (AvgIpc) is 2.61. The molecule has 0 radical (unpaired) electrons. The van der Waals surface area contributed by atoms with Crippen LogP contribution in [0.4, 0.5) is 5.13 Å². The summed E-state index contributed by atoms with van der Waals surface area (Å²) in [6.07, 6.45) is 0.416. The van der Waals surface area contributed by atoms with Crippen LogP contribution in [0.2, 0.25) is 4.34 Å². The number of aromatic nitrogens is 1. The summed E-state index contributed by atoms with van der Waals surface area (Å²) in [6, 6.07) is 0. The molecule has 0 aliphatic heterocycles. The highest BCUT2D eigenvalue weighted by atomic mass is 35.5. The Bertz CT molecular complexity index is 460. The van der Waals surface area contributed by atoms with E-state index in [-0.39, 0.29) is 21.8 Å². The number of halogens is 1. The first-order valence-electron chi connectivity index (χ1n) is 4.40. The van der Waals surface area contributed by atoms with Gasteiger partial charge in [0.15, 0.2) is 5.13 Å².